The van der Waals surface area contributed by atoms with Gasteiger partial charge in [-0.15, -0.1) is 0 Å². The van der Waals surface area contributed by atoms with E-state index in [0.717, 1.165) is 77.1 Å². The zero-order chi connectivity index (χ0) is 37.6. The van der Waals surface area contributed by atoms with Crippen LogP contribution in [0.2, 0.25) is 5.02 Å². The van der Waals surface area contributed by atoms with Gasteiger partial charge in [-0.2, -0.15) is 5.10 Å². The summed E-state index contributed by atoms with van der Waals surface area (Å²) in [5.74, 6) is -1.03. The number of carbonyl (C=O) groups is 2. The van der Waals surface area contributed by atoms with Gasteiger partial charge >= 0.3 is 0 Å². The Bertz CT molecular complexity index is 2120. The Morgan fingerprint density at radius 3 is 2.48 bits per heavy atom. The standard InChI is InChI=1S/C42H49ClN8O3/c1-3-36-34(39(46-31-16-20-54-21-17-31)33-24-45-51(4-2)41(33)48-36)27-50(42(53)38-13-9-12-37(47-38)40(44)52)26-29-14-15-35(43)32(23-29)30-11-8-10-28(22-30)25-49-18-6-5-7-19-49/h8-15,22-24,31H,3-7,16-21,25-27H2,1-2H3,(H2,44,52)(H,46,48). The van der Waals surface area contributed by atoms with E-state index in [9.17, 15) is 9.59 Å². The van der Waals surface area contributed by atoms with Gasteiger partial charge in [0.15, 0.2) is 5.65 Å². The van der Waals surface area contributed by atoms with Gasteiger partial charge in [0.05, 0.1) is 23.8 Å². The third-order valence-electron chi connectivity index (χ3n) is 10.5. The van der Waals surface area contributed by atoms with Crippen LogP contribution in [-0.2, 0) is 37.3 Å². The number of amides is 2. The number of aromatic nitrogens is 4. The molecule has 2 fully saturated rings. The number of benzene rings is 2. The van der Waals surface area contributed by atoms with E-state index in [1.54, 1.807) is 17.0 Å². The van der Waals surface area contributed by atoms with E-state index in [4.69, 9.17) is 27.1 Å². The van der Waals surface area contributed by atoms with Crippen LogP contribution in [0.15, 0.2) is 66.9 Å². The quantitative estimate of drug-likeness (QED) is 0.129. The Hall–Kier alpha value is -4.84. The fourth-order valence-corrected chi connectivity index (χ4v) is 7.88. The van der Waals surface area contributed by atoms with Gasteiger partial charge in [0.1, 0.15) is 11.4 Å². The summed E-state index contributed by atoms with van der Waals surface area (Å²) in [7, 11) is 0. The van der Waals surface area contributed by atoms with Crippen molar-refractivity contribution in [3.8, 4) is 11.1 Å². The molecule has 2 amide bonds. The lowest BCUT2D eigenvalue weighted by atomic mass is 9.99. The van der Waals surface area contributed by atoms with Gasteiger partial charge in [-0.05, 0) is 99.1 Å². The maximum absolute atomic E-state index is 14.6. The van der Waals surface area contributed by atoms with Crippen LogP contribution in [0.3, 0.4) is 0 Å². The molecule has 2 aliphatic rings. The first-order valence-electron chi connectivity index (χ1n) is 19.2. The van der Waals surface area contributed by atoms with Crippen LogP contribution in [0, 0.1) is 0 Å². The van der Waals surface area contributed by atoms with Gasteiger partial charge in [-0.3, -0.25) is 14.5 Å². The second-order valence-electron chi connectivity index (χ2n) is 14.3. The molecule has 54 heavy (non-hydrogen) atoms. The number of halogens is 1. The fraction of sp³-hybridized carbons (Fsp3) is 0.405. The zero-order valence-corrected chi connectivity index (χ0v) is 31.9. The smallest absolute Gasteiger partial charge is 0.273 e. The summed E-state index contributed by atoms with van der Waals surface area (Å²) in [6.45, 7) is 9.83. The number of fused-ring (bicyclic) bond motifs is 1. The summed E-state index contributed by atoms with van der Waals surface area (Å²) in [5, 5.41) is 10.1. The number of hydrogen-bond acceptors (Lipinski definition) is 8. The van der Waals surface area contributed by atoms with Crippen molar-refractivity contribution >= 4 is 40.1 Å². The average Bonchev–Trinajstić information content (AvgIpc) is 3.62. The predicted octanol–water partition coefficient (Wildman–Crippen LogP) is 7.25. The van der Waals surface area contributed by atoms with E-state index in [-0.39, 0.29) is 36.4 Å². The number of aryl methyl sites for hydroxylation is 2. The number of nitrogens with two attached hydrogens (primary N) is 1. The number of likely N-dealkylation sites (tertiary alicyclic amines) is 1. The molecule has 0 radical (unpaired) electrons. The number of ether oxygens (including phenoxy) is 1. The first-order valence-corrected chi connectivity index (χ1v) is 19.6. The average molecular weight is 749 g/mol. The number of rotatable bonds is 13. The highest BCUT2D eigenvalue weighted by Gasteiger charge is 2.27. The number of primary amides is 1. The van der Waals surface area contributed by atoms with Gasteiger partial charge < -0.3 is 20.7 Å². The van der Waals surface area contributed by atoms with Crippen molar-refractivity contribution in [1.29, 1.82) is 0 Å². The first kappa shape index (κ1) is 37.5. The van der Waals surface area contributed by atoms with E-state index >= 15 is 0 Å². The molecule has 0 aliphatic carbocycles. The first-order chi connectivity index (χ1) is 26.3. The molecule has 5 heterocycles. The van der Waals surface area contributed by atoms with Crippen LogP contribution in [0.4, 0.5) is 5.69 Å². The van der Waals surface area contributed by atoms with Gasteiger partial charge in [0.2, 0.25) is 0 Å². The molecule has 3 N–H and O–H groups in total. The van der Waals surface area contributed by atoms with Crippen molar-refractivity contribution in [2.24, 2.45) is 5.73 Å². The molecule has 2 saturated heterocycles. The minimum atomic E-state index is -0.695. The summed E-state index contributed by atoms with van der Waals surface area (Å²) < 4.78 is 7.59. The summed E-state index contributed by atoms with van der Waals surface area (Å²) >= 11 is 6.89. The highest BCUT2D eigenvalue weighted by Crippen LogP contribution is 2.34. The molecule has 0 unspecified atom stereocenters. The highest BCUT2D eigenvalue weighted by molar-refractivity contribution is 6.33. The maximum atomic E-state index is 14.6. The lowest BCUT2D eigenvalue weighted by Crippen LogP contribution is -2.33. The second-order valence-corrected chi connectivity index (χ2v) is 14.7. The fourth-order valence-electron chi connectivity index (χ4n) is 7.65. The summed E-state index contributed by atoms with van der Waals surface area (Å²) in [6, 6.07) is 19.5. The molecule has 282 valence electrons. The SMILES string of the molecule is CCc1nc2c(cnn2CC)c(NC2CCOCC2)c1CN(Cc1ccc(Cl)c(-c2cccc(CN3CCCCC3)c2)c1)C(=O)c1cccc(C(N)=O)n1. The second kappa shape index (κ2) is 17.1. The lowest BCUT2D eigenvalue weighted by Gasteiger charge is -2.29. The minimum Gasteiger partial charge on any atom is -0.381 e. The van der Waals surface area contributed by atoms with Crippen LogP contribution in [0.5, 0.6) is 0 Å². The number of nitrogens with zero attached hydrogens (tertiary/aromatic N) is 6. The summed E-state index contributed by atoms with van der Waals surface area (Å²) in [6.07, 6.45) is 8.03. The van der Waals surface area contributed by atoms with Gasteiger partial charge in [-0.1, -0.05) is 55.3 Å². The molecule has 2 aliphatic heterocycles. The van der Waals surface area contributed by atoms with E-state index in [1.165, 1.54) is 30.9 Å². The van der Waals surface area contributed by atoms with Crippen LogP contribution in [0.25, 0.3) is 22.2 Å². The number of piperidine rings is 1. The number of hydrogen-bond donors (Lipinski definition) is 2. The predicted molar refractivity (Wildman–Crippen MR) is 212 cm³/mol. The molecular weight excluding hydrogens is 700 g/mol. The van der Waals surface area contributed by atoms with Crippen molar-refractivity contribution in [2.75, 3.05) is 31.6 Å². The molecule has 7 rings (SSSR count). The molecule has 0 spiro atoms. The van der Waals surface area contributed by atoms with Gasteiger partial charge in [-0.25, -0.2) is 14.6 Å². The van der Waals surface area contributed by atoms with Crippen molar-refractivity contribution in [3.05, 3.63) is 106 Å². The molecule has 0 bridgehead atoms. The Balaban J connectivity index is 1.28. The van der Waals surface area contributed by atoms with E-state index in [2.05, 4.69) is 64.5 Å². The van der Waals surface area contributed by atoms with E-state index < -0.39 is 5.91 Å². The van der Waals surface area contributed by atoms with Crippen molar-refractivity contribution in [2.45, 2.75) is 84.6 Å². The molecule has 0 saturated carbocycles. The van der Waals surface area contributed by atoms with Crippen molar-refractivity contribution in [1.82, 2.24) is 29.5 Å². The Morgan fingerprint density at radius 2 is 1.72 bits per heavy atom. The molecule has 5 aromatic rings. The van der Waals surface area contributed by atoms with Gasteiger partial charge in [0, 0.05) is 60.7 Å². The molecular formula is C42H49ClN8O3. The van der Waals surface area contributed by atoms with Crippen LogP contribution < -0.4 is 11.1 Å². The molecule has 3 aromatic heterocycles. The molecule has 2 aromatic carbocycles. The highest BCUT2D eigenvalue weighted by atomic mass is 35.5. The Kier molecular flexibility index (Phi) is 11.9. The Labute approximate surface area is 321 Å². The van der Waals surface area contributed by atoms with Crippen LogP contribution in [-0.4, -0.2) is 73.7 Å². The van der Waals surface area contributed by atoms with Crippen LogP contribution >= 0.6 is 11.6 Å². The third-order valence-corrected chi connectivity index (χ3v) is 10.9. The number of nitrogens with one attached hydrogen (secondary N) is 1. The number of pyridine rings is 2. The summed E-state index contributed by atoms with van der Waals surface area (Å²) in [4.78, 5) is 40.5. The van der Waals surface area contributed by atoms with E-state index in [1.807, 2.05) is 23.0 Å². The molecule has 12 heteroatoms. The zero-order valence-electron chi connectivity index (χ0n) is 31.2. The molecule has 0 atom stereocenters. The van der Waals surface area contributed by atoms with Gasteiger partial charge in [0.25, 0.3) is 11.8 Å². The lowest BCUT2D eigenvalue weighted by molar-refractivity contribution is 0.0723. The van der Waals surface area contributed by atoms with Crippen LogP contribution in [0.1, 0.15) is 89.3 Å². The topological polar surface area (TPSA) is 132 Å². The maximum Gasteiger partial charge on any atom is 0.273 e. The van der Waals surface area contributed by atoms with Crippen molar-refractivity contribution in [3.63, 3.8) is 0 Å². The van der Waals surface area contributed by atoms with E-state index in [0.29, 0.717) is 31.2 Å². The van der Waals surface area contributed by atoms with Crippen molar-refractivity contribution < 1.29 is 14.3 Å². The molecule has 11 nitrogen and oxygen atoms in total. The number of carbonyl (C=O) groups excluding carboxylic acids is 2. The normalized spacial score (nSPS) is 15.4. The monoisotopic (exact) mass is 748 g/mol. The largest absolute Gasteiger partial charge is 0.381 e. The number of anilines is 1. The summed E-state index contributed by atoms with van der Waals surface area (Å²) in [5.41, 5.74) is 13.4. The third kappa shape index (κ3) is 8.43. The Morgan fingerprint density at radius 1 is 0.944 bits per heavy atom. The minimum absolute atomic E-state index is 0.0326.